The Morgan fingerprint density at radius 1 is 0.938 bits per heavy atom. The largest absolute Gasteiger partial charge is 0.454 e. The Morgan fingerprint density at radius 3 is 2.44 bits per heavy atom. The molecule has 0 saturated carbocycles. The van der Waals surface area contributed by atoms with Crippen LogP contribution in [-0.2, 0) is 26.0 Å². The summed E-state index contributed by atoms with van der Waals surface area (Å²) in [6.07, 6.45) is 0. The van der Waals surface area contributed by atoms with Crippen LogP contribution in [0.15, 0.2) is 70.9 Å². The molecule has 0 aliphatic carbocycles. The molecule has 0 saturated heterocycles. The predicted octanol–water partition coefficient (Wildman–Crippen LogP) is 2.42. The molecule has 4 rings (SSSR count). The van der Waals surface area contributed by atoms with Gasteiger partial charge in [-0.2, -0.15) is 0 Å². The molecule has 0 unspecified atom stereocenters. The van der Waals surface area contributed by atoms with Gasteiger partial charge in [0.05, 0.1) is 4.90 Å². The number of thiophene rings is 1. The summed E-state index contributed by atoms with van der Waals surface area (Å²) in [7, 11) is -3.77. The first-order valence-electron chi connectivity index (χ1n) is 9.72. The van der Waals surface area contributed by atoms with Crippen molar-refractivity contribution in [1.82, 2.24) is 10.6 Å². The first-order chi connectivity index (χ1) is 15.4. The van der Waals surface area contributed by atoms with E-state index in [-0.39, 0.29) is 24.8 Å². The maximum Gasteiger partial charge on any atom is 0.309 e. The number of nitrogens with one attached hydrogen (secondary N) is 2. The summed E-state index contributed by atoms with van der Waals surface area (Å²) in [5, 5.41) is 5.74. The number of carbonyl (C=O) groups is 2. The SMILES string of the molecule is O=C(NCc1ccc2c(c1)OCO2)C(=O)NC[C@H](c1cccs1)S(=O)(=O)c1ccccc1. The Balaban J connectivity index is 1.39. The molecule has 2 amide bonds. The van der Waals surface area contributed by atoms with Gasteiger partial charge in [-0.05, 0) is 41.3 Å². The lowest BCUT2D eigenvalue weighted by molar-refractivity contribution is -0.139. The molecular weight excluding hydrogens is 452 g/mol. The molecule has 166 valence electrons. The van der Waals surface area contributed by atoms with Crippen molar-refractivity contribution in [3.05, 3.63) is 76.5 Å². The Labute approximate surface area is 189 Å². The van der Waals surface area contributed by atoms with Crippen LogP contribution in [0, 0.1) is 0 Å². The van der Waals surface area contributed by atoms with Crippen molar-refractivity contribution in [3.63, 3.8) is 0 Å². The number of amides is 2. The second-order valence-electron chi connectivity index (χ2n) is 6.94. The zero-order valence-corrected chi connectivity index (χ0v) is 18.4. The van der Waals surface area contributed by atoms with Crippen LogP contribution in [0.2, 0.25) is 0 Å². The highest BCUT2D eigenvalue weighted by Gasteiger charge is 2.31. The van der Waals surface area contributed by atoms with E-state index in [0.717, 1.165) is 5.56 Å². The smallest absolute Gasteiger partial charge is 0.309 e. The lowest BCUT2D eigenvalue weighted by atomic mass is 10.2. The number of ether oxygens (including phenoxy) is 2. The van der Waals surface area contributed by atoms with Crippen molar-refractivity contribution >= 4 is 33.0 Å². The molecule has 1 atom stereocenters. The van der Waals surface area contributed by atoms with Crippen molar-refractivity contribution in [3.8, 4) is 11.5 Å². The van der Waals surface area contributed by atoms with Crippen molar-refractivity contribution in [2.75, 3.05) is 13.3 Å². The number of carbonyl (C=O) groups excluding carboxylic acids is 2. The van der Waals surface area contributed by atoms with Gasteiger partial charge in [0, 0.05) is 18.0 Å². The minimum absolute atomic E-state index is 0.111. The average Bonchev–Trinajstić information content (AvgIpc) is 3.49. The summed E-state index contributed by atoms with van der Waals surface area (Å²) in [4.78, 5) is 25.3. The van der Waals surface area contributed by atoms with Gasteiger partial charge in [-0.25, -0.2) is 8.42 Å². The maximum atomic E-state index is 13.1. The molecule has 1 aromatic heterocycles. The molecule has 0 spiro atoms. The van der Waals surface area contributed by atoms with Crippen molar-refractivity contribution in [2.45, 2.75) is 16.7 Å². The second-order valence-corrected chi connectivity index (χ2v) is 10.1. The summed E-state index contributed by atoms with van der Waals surface area (Å²) in [5.41, 5.74) is 0.735. The number of hydrogen-bond donors (Lipinski definition) is 2. The van der Waals surface area contributed by atoms with E-state index >= 15 is 0 Å². The molecule has 2 heterocycles. The maximum absolute atomic E-state index is 13.1. The first kappa shape index (κ1) is 21.8. The highest BCUT2D eigenvalue weighted by molar-refractivity contribution is 7.91. The fourth-order valence-electron chi connectivity index (χ4n) is 3.19. The Hall–Kier alpha value is -3.37. The van der Waals surface area contributed by atoms with Crippen LogP contribution in [0.25, 0.3) is 0 Å². The highest BCUT2D eigenvalue weighted by atomic mass is 32.2. The van der Waals surface area contributed by atoms with E-state index in [1.54, 1.807) is 53.9 Å². The molecule has 0 bridgehead atoms. The molecular formula is C22H20N2O6S2. The van der Waals surface area contributed by atoms with Crippen LogP contribution in [0.4, 0.5) is 0 Å². The van der Waals surface area contributed by atoms with Gasteiger partial charge in [-0.1, -0.05) is 30.3 Å². The third-order valence-electron chi connectivity index (χ3n) is 4.85. The first-order valence-corrected chi connectivity index (χ1v) is 12.1. The van der Waals surface area contributed by atoms with Gasteiger partial charge in [0.2, 0.25) is 6.79 Å². The molecule has 10 heteroatoms. The summed E-state index contributed by atoms with van der Waals surface area (Å²) in [5.74, 6) is -0.566. The van der Waals surface area contributed by atoms with E-state index in [2.05, 4.69) is 10.6 Å². The Bertz CT molecular complexity index is 1210. The van der Waals surface area contributed by atoms with E-state index in [1.165, 1.54) is 23.5 Å². The predicted molar refractivity (Wildman–Crippen MR) is 118 cm³/mol. The van der Waals surface area contributed by atoms with Gasteiger partial charge in [-0.3, -0.25) is 9.59 Å². The van der Waals surface area contributed by atoms with Gasteiger partial charge in [0.1, 0.15) is 5.25 Å². The minimum Gasteiger partial charge on any atom is -0.454 e. The fourth-order valence-corrected chi connectivity index (χ4v) is 6.00. The van der Waals surface area contributed by atoms with Crippen LogP contribution in [-0.4, -0.2) is 33.6 Å². The van der Waals surface area contributed by atoms with Crippen molar-refractivity contribution < 1.29 is 27.5 Å². The minimum atomic E-state index is -3.77. The third kappa shape index (κ3) is 4.76. The molecule has 1 aliphatic heterocycles. The van der Waals surface area contributed by atoms with Crippen molar-refractivity contribution in [1.29, 1.82) is 0 Å². The Kier molecular flexibility index (Phi) is 6.42. The second kappa shape index (κ2) is 9.41. The van der Waals surface area contributed by atoms with E-state index < -0.39 is 26.9 Å². The Morgan fingerprint density at radius 2 is 1.69 bits per heavy atom. The van der Waals surface area contributed by atoms with Gasteiger partial charge >= 0.3 is 11.8 Å². The molecule has 0 fully saturated rings. The number of sulfone groups is 1. The number of hydrogen-bond acceptors (Lipinski definition) is 7. The van der Waals surface area contributed by atoms with Gasteiger partial charge in [-0.15, -0.1) is 11.3 Å². The highest BCUT2D eigenvalue weighted by Crippen LogP contribution is 2.33. The summed E-state index contributed by atoms with van der Waals surface area (Å²) < 4.78 is 36.8. The topological polar surface area (TPSA) is 111 Å². The molecule has 32 heavy (non-hydrogen) atoms. The quantitative estimate of drug-likeness (QED) is 0.511. The molecule has 2 N–H and O–H groups in total. The average molecular weight is 473 g/mol. The van der Waals surface area contributed by atoms with E-state index in [9.17, 15) is 18.0 Å². The monoisotopic (exact) mass is 472 g/mol. The van der Waals surface area contributed by atoms with Gasteiger partial charge in [0.25, 0.3) is 0 Å². The van der Waals surface area contributed by atoms with Crippen molar-refractivity contribution in [2.24, 2.45) is 0 Å². The fraction of sp³-hybridized carbons (Fsp3) is 0.182. The molecule has 2 aromatic carbocycles. The van der Waals surface area contributed by atoms with E-state index in [1.807, 2.05) is 0 Å². The van der Waals surface area contributed by atoms with Gasteiger partial charge in [0.15, 0.2) is 21.3 Å². The molecule has 0 radical (unpaired) electrons. The van der Waals surface area contributed by atoms with E-state index in [0.29, 0.717) is 16.4 Å². The molecule has 3 aromatic rings. The van der Waals surface area contributed by atoms with Crippen LogP contribution < -0.4 is 20.1 Å². The molecule has 1 aliphatic rings. The molecule has 8 nitrogen and oxygen atoms in total. The standard InChI is InChI=1S/C22H20N2O6S2/c25-21(23-12-15-8-9-17-18(11-15)30-14-29-17)22(26)24-13-20(19-7-4-10-31-19)32(27,28)16-5-2-1-3-6-16/h1-11,20H,12-14H2,(H,23,25)(H,24,26)/t20-/m1/s1. The summed E-state index contributed by atoms with van der Waals surface area (Å²) in [6, 6.07) is 16.7. The van der Waals surface area contributed by atoms with Crippen LogP contribution >= 0.6 is 11.3 Å². The van der Waals surface area contributed by atoms with Gasteiger partial charge < -0.3 is 20.1 Å². The number of benzene rings is 2. The lowest BCUT2D eigenvalue weighted by Crippen LogP contribution is -2.42. The summed E-state index contributed by atoms with van der Waals surface area (Å²) in [6.45, 7) is 0.0262. The zero-order valence-electron chi connectivity index (χ0n) is 16.8. The van der Waals surface area contributed by atoms with Crippen LogP contribution in [0.1, 0.15) is 15.7 Å². The van der Waals surface area contributed by atoms with E-state index in [4.69, 9.17) is 9.47 Å². The van der Waals surface area contributed by atoms with Crippen LogP contribution in [0.5, 0.6) is 11.5 Å². The number of rotatable bonds is 7. The normalized spacial score (nSPS) is 13.4. The third-order valence-corrected chi connectivity index (χ3v) is 8.09. The van der Waals surface area contributed by atoms with Crippen LogP contribution in [0.3, 0.4) is 0 Å². The lowest BCUT2D eigenvalue weighted by Gasteiger charge is -2.17. The summed E-state index contributed by atoms with van der Waals surface area (Å²) >= 11 is 1.28. The zero-order chi connectivity index (χ0) is 22.6. The number of fused-ring (bicyclic) bond motifs is 1.